The van der Waals surface area contributed by atoms with Gasteiger partial charge in [0.1, 0.15) is 5.82 Å². The molecule has 192 valence electrons. The number of carbonyl (C=O) groups excluding carboxylic acids is 1. The van der Waals surface area contributed by atoms with Crippen LogP contribution in [0.15, 0.2) is 35.6 Å². The number of hydrogen-bond donors (Lipinski definition) is 1. The molecule has 1 aromatic carbocycles. The van der Waals surface area contributed by atoms with Crippen molar-refractivity contribution in [3.05, 3.63) is 36.0 Å². The van der Waals surface area contributed by atoms with Crippen molar-refractivity contribution in [1.29, 1.82) is 0 Å². The molecule has 10 heteroatoms. The second-order valence-electron chi connectivity index (χ2n) is 8.57. The zero-order chi connectivity index (χ0) is 25.3. The first-order valence-electron chi connectivity index (χ1n) is 12.4. The van der Waals surface area contributed by atoms with Crippen LogP contribution in [0.2, 0.25) is 0 Å². The van der Waals surface area contributed by atoms with E-state index in [0.29, 0.717) is 24.6 Å². The van der Waals surface area contributed by atoms with Gasteiger partial charge in [-0.15, -0.1) is 0 Å². The molecule has 1 fully saturated rings. The van der Waals surface area contributed by atoms with Crippen molar-refractivity contribution in [2.75, 3.05) is 44.5 Å². The van der Waals surface area contributed by atoms with Gasteiger partial charge >= 0.3 is 0 Å². The highest BCUT2D eigenvalue weighted by atomic mass is 32.2. The van der Waals surface area contributed by atoms with E-state index in [1.165, 1.54) is 25.3 Å². The summed E-state index contributed by atoms with van der Waals surface area (Å²) < 4.78 is 12.4. The molecule has 36 heavy (non-hydrogen) atoms. The third-order valence-corrected chi connectivity index (χ3v) is 7.06. The number of aromatic nitrogens is 4. The number of hydrogen-bond acceptors (Lipinski definition) is 8. The van der Waals surface area contributed by atoms with E-state index >= 15 is 0 Å². The van der Waals surface area contributed by atoms with Gasteiger partial charge < -0.3 is 19.7 Å². The molecule has 3 heterocycles. The van der Waals surface area contributed by atoms with Gasteiger partial charge in [0.05, 0.1) is 32.3 Å². The quantitative estimate of drug-likeness (QED) is 0.233. The van der Waals surface area contributed by atoms with Crippen molar-refractivity contribution in [3.8, 4) is 11.5 Å². The molecule has 4 rings (SSSR count). The lowest BCUT2D eigenvalue weighted by Crippen LogP contribution is -2.30. The summed E-state index contributed by atoms with van der Waals surface area (Å²) in [4.78, 5) is 24.5. The van der Waals surface area contributed by atoms with Crippen LogP contribution < -0.4 is 19.7 Å². The van der Waals surface area contributed by atoms with Gasteiger partial charge in [0.2, 0.25) is 5.91 Å². The summed E-state index contributed by atoms with van der Waals surface area (Å²) in [7, 11) is 3.18. The molecule has 0 spiro atoms. The molecule has 9 nitrogen and oxygen atoms in total. The molecule has 0 unspecified atom stereocenters. The Morgan fingerprint density at radius 2 is 1.94 bits per heavy atom. The van der Waals surface area contributed by atoms with Gasteiger partial charge in [-0.05, 0) is 49.5 Å². The number of piperidine rings is 1. The van der Waals surface area contributed by atoms with Crippen molar-refractivity contribution in [2.45, 2.75) is 44.3 Å². The highest BCUT2D eigenvalue weighted by Gasteiger charge is 2.20. The zero-order valence-corrected chi connectivity index (χ0v) is 22.0. The van der Waals surface area contributed by atoms with Crippen LogP contribution in [-0.4, -0.2) is 65.3 Å². The Bertz CT molecular complexity index is 1210. The van der Waals surface area contributed by atoms with E-state index in [-0.39, 0.29) is 5.91 Å². The van der Waals surface area contributed by atoms with E-state index in [1.807, 2.05) is 29.1 Å². The summed E-state index contributed by atoms with van der Waals surface area (Å²) >= 11 is 1.68. The lowest BCUT2D eigenvalue weighted by molar-refractivity contribution is -0.116. The fourth-order valence-corrected chi connectivity index (χ4v) is 4.85. The molecule has 1 amide bonds. The van der Waals surface area contributed by atoms with Crippen LogP contribution in [0.4, 0.5) is 5.82 Å². The number of fused-ring (bicyclic) bond motifs is 1. The smallest absolute Gasteiger partial charge is 0.244 e. The fraction of sp³-hybridized carbons (Fsp3) is 0.462. The number of ether oxygens (including phenoxy) is 2. The Labute approximate surface area is 216 Å². The second kappa shape index (κ2) is 12.6. The van der Waals surface area contributed by atoms with Gasteiger partial charge in [-0.25, -0.2) is 14.6 Å². The molecule has 0 radical (unpaired) electrons. The van der Waals surface area contributed by atoms with Gasteiger partial charge in [-0.3, -0.25) is 4.79 Å². The molecule has 0 aliphatic carbocycles. The number of nitrogens with zero attached hydrogens (tertiary/aromatic N) is 5. The summed E-state index contributed by atoms with van der Waals surface area (Å²) in [6, 6.07) is 5.51. The summed E-state index contributed by atoms with van der Waals surface area (Å²) in [6.07, 6.45) is 9.80. The molecule has 1 N–H and O–H groups in total. The van der Waals surface area contributed by atoms with E-state index < -0.39 is 0 Å². The molecule has 0 atom stereocenters. The second-order valence-corrected chi connectivity index (χ2v) is 9.63. The van der Waals surface area contributed by atoms with Crippen LogP contribution in [0.3, 0.4) is 0 Å². The Balaban J connectivity index is 1.42. The number of thioether (sulfide) groups is 1. The van der Waals surface area contributed by atoms with Gasteiger partial charge in [-0.2, -0.15) is 5.10 Å². The maximum Gasteiger partial charge on any atom is 0.244 e. The van der Waals surface area contributed by atoms with Crippen molar-refractivity contribution in [1.82, 2.24) is 25.1 Å². The number of amides is 1. The minimum Gasteiger partial charge on any atom is -0.493 e. The van der Waals surface area contributed by atoms with Crippen LogP contribution in [0.1, 0.15) is 38.2 Å². The molecule has 0 saturated carbocycles. The van der Waals surface area contributed by atoms with E-state index in [4.69, 9.17) is 19.4 Å². The first-order chi connectivity index (χ1) is 17.6. The number of carbonyl (C=O) groups is 1. The van der Waals surface area contributed by atoms with Crippen molar-refractivity contribution < 1.29 is 14.3 Å². The monoisotopic (exact) mass is 510 g/mol. The van der Waals surface area contributed by atoms with Gasteiger partial charge in [0, 0.05) is 31.5 Å². The number of benzene rings is 1. The van der Waals surface area contributed by atoms with Crippen LogP contribution in [0, 0.1) is 0 Å². The minimum absolute atomic E-state index is 0.177. The highest BCUT2D eigenvalue weighted by Crippen LogP contribution is 2.30. The van der Waals surface area contributed by atoms with Crippen molar-refractivity contribution in [3.63, 3.8) is 0 Å². The lowest BCUT2D eigenvalue weighted by atomic mass is 10.1. The number of methoxy groups -OCH3 is 2. The third-order valence-electron chi connectivity index (χ3n) is 6.00. The van der Waals surface area contributed by atoms with Crippen LogP contribution >= 0.6 is 11.8 Å². The van der Waals surface area contributed by atoms with Crippen molar-refractivity contribution >= 4 is 40.6 Å². The molecular weight excluding hydrogens is 476 g/mol. The summed E-state index contributed by atoms with van der Waals surface area (Å²) in [5.74, 6) is 3.04. The van der Waals surface area contributed by atoms with E-state index in [9.17, 15) is 4.79 Å². The normalized spacial score (nSPS) is 13.9. The maximum absolute atomic E-state index is 12.4. The predicted octanol–water partition coefficient (Wildman–Crippen LogP) is 4.17. The van der Waals surface area contributed by atoms with Gasteiger partial charge in [-0.1, -0.05) is 24.8 Å². The molecule has 1 aliphatic rings. The zero-order valence-electron chi connectivity index (χ0n) is 21.2. The standard InChI is InChI=1S/C26H34N6O3S/c1-4-16-36-26-29-24(31-13-6-5-7-14-31)20-18-28-32(25(20)30-26)15-12-27-23(33)11-9-19-8-10-21(34-2)22(17-19)35-3/h8-11,17-18H,4-7,12-16H2,1-3H3,(H,27,33)/b11-9-. The highest BCUT2D eigenvalue weighted by molar-refractivity contribution is 7.99. The molecular formula is C26H34N6O3S. The summed E-state index contributed by atoms with van der Waals surface area (Å²) in [6.45, 7) is 5.14. The lowest BCUT2D eigenvalue weighted by Gasteiger charge is -2.28. The maximum atomic E-state index is 12.4. The number of nitrogens with one attached hydrogen (secondary N) is 1. The Morgan fingerprint density at radius 3 is 2.69 bits per heavy atom. The first-order valence-corrected chi connectivity index (χ1v) is 13.4. The van der Waals surface area contributed by atoms with Crippen LogP contribution in [0.5, 0.6) is 11.5 Å². The van der Waals surface area contributed by atoms with Crippen LogP contribution in [0.25, 0.3) is 17.1 Å². The van der Waals surface area contributed by atoms with E-state index in [2.05, 4.69) is 22.2 Å². The topological polar surface area (TPSA) is 94.4 Å². The van der Waals surface area contributed by atoms with E-state index in [1.54, 1.807) is 32.1 Å². The molecule has 1 saturated heterocycles. The summed E-state index contributed by atoms with van der Waals surface area (Å²) in [5, 5.41) is 9.27. The first kappa shape index (κ1) is 25.8. The fourth-order valence-electron chi connectivity index (χ4n) is 4.16. The SMILES string of the molecule is CCCSc1nc(N2CCCCC2)c2cnn(CCNC(=O)/C=C\c3ccc(OC)c(OC)c3)c2n1. The summed E-state index contributed by atoms with van der Waals surface area (Å²) in [5.41, 5.74) is 1.67. The molecule has 3 aromatic rings. The third kappa shape index (κ3) is 6.29. The van der Waals surface area contributed by atoms with Crippen LogP contribution in [-0.2, 0) is 11.3 Å². The Morgan fingerprint density at radius 1 is 1.14 bits per heavy atom. The number of rotatable bonds is 11. The van der Waals surface area contributed by atoms with Crippen molar-refractivity contribution in [2.24, 2.45) is 0 Å². The van der Waals surface area contributed by atoms with Gasteiger partial charge in [0.15, 0.2) is 22.3 Å². The average Bonchev–Trinajstić information content (AvgIpc) is 3.33. The van der Waals surface area contributed by atoms with E-state index in [0.717, 1.165) is 52.8 Å². The Hall–Kier alpha value is -3.27. The van der Waals surface area contributed by atoms with Gasteiger partial charge in [0.25, 0.3) is 0 Å². The predicted molar refractivity (Wildman–Crippen MR) is 144 cm³/mol. The molecule has 0 bridgehead atoms. The molecule has 2 aromatic heterocycles. The Kier molecular flexibility index (Phi) is 9.05. The number of anilines is 1. The minimum atomic E-state index is -0.177. The largest absolute Gasteiger partial charge is 0.493 e. The average molecular weight is 511 g/mol. The molecule has 1 aliphatic heterocycles.